The van der Waals surface area contributed by atoms with E-state index in [4.69, 9.17) is 0 Å². The summed E-state index contributed by atoms with van der Waals surface area (Å²) in [5.41, 5.74) is 2.69. The molecule has 4 rings (SSSR count). The molecule has 1 saturated carbocycles. The number of nitrogens with zero attached hydrogens (tertiary/aromatic N) is 3. The van der Waals surface area contributed by atoms with Crippen molar-refractivity contribution in [2.24, 2.45) is 0 Å². The largest absolute Gasteiger partial charge is 0.357 e. The van der Waals surface area contributed by atoms with Crippen molar-refractivity contribution in [2.45, 2.75) is 44.6 Å². The summed E-state index contributed by atoms with van der Waals surface area (Å²) < 4.78 is 25.5. The lowest BCUT2D eigenvalue weighted by Crippen LogP contribution is -2.28. The maximum atomic E-state index is 12.8. The van der Waals surface area contributed by atoms with Crippen LogP contribution in [0, 0.1) is 6.92 Å². The molecule has 1 unspecified atom stereocenters. The number of H-pyrrole nitrogens is 2. The molecule has 1 aliphatic rings. The van der Waals surface area contributed by atoms with Crippen LogP contribution >= 0.6 is 0 Å². The minimum absolute atomic E-state index is 0.230. The predicted molar refractivity (Wildman–Crippen MR) is 97.0 cm³/mol. The fraction of sp³-hybridized carbons (Fsp3) is 0.368. The van der Waals surface area contributed by atoms with Crippen LogP contribution in [0.25, 0.3) is 0 Å². The highest BCUT2D eigenvalue weighted by Gasteiger charge is 2.48. The minimum atomic E-state index is -2.58. The number of hydrogen-bond acceptors (Lipinski definition) is 4. The monoisotopic (exact) mass is 386 g/mol. The molecule has 1 amide bonds. The molecule has 1 fully saturated rings. The molecular weight excluding hydrogens is 366 g/mol. The van der Waals surface area contributed by atoms with E-state index in [0.29, 0.717) is 11.5 Å². The molecule has 146 valence electrons. The molecule has 0 spiro atoms. The molecule has 0 aliphatic heterocycles. The maximum absolute atomic E-state index is 12.8. The lowest BCUT2D eigenvalue weighted by molar-refractivity contribution is 0.0933. The van der Waals surface area contributed by atoms with E-state index in [9.17, 15) is 13.6 Å². The van der Waals surface area contributed by atoms with Gasteiger partial charge < -0.3 is 10.3 Å². The van der Waals surface area contributed by atoms with Gasteiger partial charge in [-0.15, -0.1) is 0 Å². The molecule has 3 aromatic rings. The second-order valence-electron chi connectivity index (χ2n) is 7.11. The number of rotatable bonds is 6. The average molecular weight is 386 g/mol. The van der Waals surface area contributed by atoms with Gasteiger partial charge in [-0.25, -0.2) is 13.8 Å². The van der Waals surface area contributed by atoms with E-state index in [-0.39, 0.29) is 23.1 Å². The second-order valence-corrected chi connectivity index (χ2v) is 7.11. The van der Waals surface area contributed by atoms with Gasteiger partial charge in [-0.1, -0.05) is 6.07 Å². The first kappa shape index (κ1) is 18.3. The summed E-state index contributed by atoms with van der Waals surface area (Å²) in [7, 11) is 0. The van der Waals surface area contributed by atoms with Crippen molar-refractivity contribution in [3.05, 3.63) is 64.8 Å². The van der Waals surface area contributed by atoms with Crippen LogP contribution < -0.4 is 5.32 Å². The van der Waals surface area contributed by atoms with E-state index in [1.54, 1.807) is 13.0 Å². The molecule has 0 saturated heterocycles. The molecule has 0 bridgehead atoms. The van der Waals surface area contributed by atoms with E-state index in [1.165, 1.54) is 18.6 Å². The normalized spacial score (nSPS) is 16.2. The average Bonchev–Trinajstić information content (AvgIpc) is 3.11. The number of aromatic amines is 2. The van der Waals surface area contributed by atoms with Crippen LogP contribution in [0.1, 0.15) is 70.9 Å². The third-order valence-corrected chi connectivity index (χ3v) is 5.36. The van der Waals surface area contributed by atoms with Gasteiger partial charge in [-0.3, -0.25) is 14.9 Å². The number of nitrogens with one attached hydrogen (secondary N) is 3. The number of amides is 1. The molecule has 3 N–H and O–H groups in total. The third-order valence-electron chi connectivity index (χ3n) is 5.36. The number of aromatic nitrogens is 5. The summed E-state index contributed by atoms with van der Waals surface area (Å²) in [6, 6.07) is 2.73. The van der Waals surface area contributed by atoms with E-state index < -0.39 is 6.43 Å². The SMILES string of the molecule is Cc1c(C2(c3ccc(C(F)F)nc3)CC2)c[nH]c1C(=O)NC(C)c1nc[nH]n1. The lowest BCUT2D eigenvalue weighted by atomic mass is 9.88. The van der Waals surface area contributed by atoms with Crippen LogP contribution in [-0.2, 0) is 5.41 Å². The number of hydrogen-bond donors (Lipinski definition) is 3. The Morgan fingerprint density at radius 3 is 2.64 bits per heavy atom. The first-order valence-corrected chi connectivity index (χ1v) is 9.02. The van der Waals surface area contributed by atoms with E-state index in [0.717, 1.165) is 29.5 Å². The van der Waals surface area contributed by atoms with Crippen molar-refractivity contribution >= 4 is 5.91 Å². The molecule has 9 heteroatoms. The molecule has 3 heterocycles. The van der Waals surface area contributed by atoms with Gasteiger partial charge in [0.05, 0.1) is 6.04 Å². The molecule has 7 nitrogen and oxygen atoms in total. The summed E-state index contributed by atoms with van der Waals surface area (Å²) in [5, 5.41) is 9.47. The molecule has 3 aromatic heterocycles. The van der Waals surface area contributed by atoms with Crippen molar-refractivity contribution in [2.75, 3.05) is 0 Å². The Morgan fingerprint density at radius 2 is 2.07 bits per heavy atom. The fourth-order valence-corrected chi connectivity index (χ4v) is 3.65. The van der Waals surface area contributed by atoms with E-state index >= 15 is 0 Å². The van der Waals surface area contributed by atoms with Crippen LogP contribution in [0.15, 0.2) is 30.9 Å². The lowest BCUT2D eigenvalue weighted by Gasteiger charge is -2.16. The Kier molecular flexibility index (Phi) is 4.44. The third kappa shape index (κ3) is 3.06. The highest BCUT2D eigenvalue weighted by molar-refractivity contribution is 5.94. The molecular formula is C19H20F2N6O. The summed E-state index contributed by atoms with van der Waals surface area (Å²) in [6.45, 7) is 3.69. The van der Waals surface area contributed by atoms with Crippen LogP contribution in [0.4, 0.5) is 8.78 Å². The summed E-state index contributed by atoms with van der Waals surface area (Å²) >= 11 is 0. The topological polar surface area (TPSA) is 99.4 Å². The van der Waals surface area contributed by atoms with Gasteiger partial charge in [0, 0.05) is 17.8 Å². The highest BCUT2D eigenvalue weighted by atomic mass is 19.3. The summed E-state index contributed by atoms with van der Waals surface area (Å²) in [4.78, 5) is 23.7. The van der Waals surface area contributed by atoms with Gasteiger partial charge >= 0.3 is 0 Å². The van der Waals surface area contributed by atoms with Gasteiger partial charge in [0.1, 0.15) is 17.7 Å². The predicted octanol–water partition coefficient (Wildman–Crippen LogP) is 3.34. The zero-order valence-electron chi connectivity index (χ0n) is 15.5. The molecule has 0 radical (unpaired) electrons. The first-order chi connectivity index (χ1) is 13.4. The van der Waals surface area contributed by atoms with Crippen LogP contribution in [-0.4, -0.2) is 31.1 Å². The van der Waals surface area contributed by atoms with Crippen molar-refractivity contribution in [1.82, 2.24) is 30.5 Å². The standard InChI is InChI=1S/C19H20F2N6O/c1-10-13(19(5-6-19)12-3-4-14(16(20)21)22-7-12)8-23-15(10)18(28)26-11(2)17-24-9-25-27-17/h3-4,7-9,11,16,23H,5-6H2,1-2H3,(H,26,28)(H,24,25,27). The van der Waals surface area contributed by atoms with Gasteiger partial charge in [0.15, 0.2) is 5.82 Å². The number of carbonyl (C=O) groups is 1. The smallest absolute Gasteiger partial charge is 0.280 e. The molecule has 1 aliphatic carbocycles. The van der Waals surface area contributed by atoms with Gasteiger partial charge in [-0.05, 0) is 49.4 Å². The molecule has 1 atom stereocenters. The summed E-state index contributed by atoms with van der Waals surface area (Å²) in [5.74, 6) is 0.254. The van der Waals surface area contributed by atoms with Crippen LogP contribution in [0.3, 0.4) is 0 Å². The van der Waals surface area contributed by atoms with E-state index in [1.807, 2.05) is 13.1 Å². The van der Waals surface area contributed by atoms with Gasteiger partial charge in [0.25, 0.3) is 12.3 Å². The van der Waals surface area contributed by atoms with Crippen molar-refractivity contribution in [1.29, 1.82) is 0 Å². The zero-order valence-corrected chi connectivity index (χ0v) is 15.5. The molecule has 28 heavy (non-hydrogen) atoms. The van der Waals surface area contributed by atoms with Crippen molar-refractivity contribution in [3.63, 3.8) is 0 Å². The number of pyridine rings is 1. The van der Waals surface area contributed by atoms with Crippen LogP contribution in [0.2, 0.25) is 0 Å². The Bertz CT molecular complexity index is 977. The molecule has 0 aromatic carbocycles. The number of halogens is 2. The van der Waals surface area contributed by atoms with Crippen molar-refractivity contribution in [3.8, 4) is 0 Å². The van der Waals surface area contributed by atoms with Crippen molar-refractivity contribution < 1.29 is 13.6 Å². The number of alkyl halides is 2. The fourth-order valence-electron chi connectivity index (χ4n) is 3.65. The zero-order chi connectivity index (χ0) is 19.9. The Labute approximate surface area is 160 Å². The second kappa shape index (κ2) is 6.81. The Morgan fingerprint density at radius 1 is 1.29 bits per heavy atom. The highest BCUT2D eigenvalue weighted by Crippen LogP contribution is 2.54. The Hall–Kier alpha value is -3.10. The van der Waals surface area contributed by atoms with Gasteiger partial charge in [-0.2, -0.15) is 5.10 Å². The minimum Gasteiger partial charge on any atom is -0.357 e. The van der Waals surface area contributed by atoms with E-state index in [2.05, 4.69) is 30.5 Å². The number of carbonyl (C=O) groups excluding carboxylic acids is 1. The Balaban J connectivity index is 1.57. The quantitative estimate of drug-likeness (QED) is 0.605. The first-order valence-electron chi connectivity index (χ1n) is 9.02. The summed E-state index contributed by atoms with van der Waals surface area (Å²) in [6.07, 6.45) is 3.99. The maximum Gasteiger partial charge on any atom is 0.280 e. The van der Waals surface area contributed by atoms with Crippen LogP contribution in [0.5, 0.6) is 0 Å². The van der Waals surface area contributed by atoms with Gasteiger partial charge in [0.2, 0.25) is 0 Å².